The number of fused-ring (bicyclic) bond motifs is 5. The normalized spacial score (nSPS) is 30.2. The molecule has 24 heavy (non-hydrogen) atoms. The van der Waals surface area contributed by atoms with E-state index in [1.54, 1.807) is 0 Å². The summed E-state index contributed by atoms with van der Waals surface area (Å²) in [4.78, 5) is 38.6. The van der Waals surface area contributed by atoms with Crippen LogP contribution in [0.5, 0.6) is 0 Å². The maximum absolute atomic E-state index is 12.6. The van der Waals surface area contributed by atoms with Crippen LogP contribution < -0.4 is 5.32 Å². The van der Waals surface area contributed by atoms with Gasteiger partial charge in [-0.2, -0.15) is 0 Å². The fourth-order valence-corrected chi connectivity index (χ4v) is 4.28. The summed E-state index contributed by atoms with van der Waals surface area (Å²) >= 11 is 0. The molecule has 1 saturated heterocycles. The van der Waals surface area contributed by atoms with Gasteiger partial charge in [0.2, 0.25) is 17.7 Å². The Bertz CT molecular complexity index is 753. The third kappa shape index (κ3) is 2.19. The maximum Gasteiger partial charge on any atom is 0.244 e. The molecule has 4 unspecified atom stereocenters. The number of carbonyl (C=O) groups is 3. The van der Waals surface area contributed by atoms with E-state index in [0.717, 1.165) is 22.4 Å². The summed E-state index contributed by atoms with van der Waals surface area (Å²) < 4.78 is 0. The molecule has 4 atom stereocenters. The molecule has 1 heterocycles. The number of carbonyl (C=O) groups excluding carboxylic acids is 3. The van der Waals surface area contributed by atoms with E-state index in [0.29, 0.717) is 5.69 Å². The molecule has 2 bridgehead atoms. The van der Waals surface area contributed by atoms with E-state index in [2.05, 4.69) is 17.5 Å². The maximum atomic E-state index is 12.6. The summed E-state index contributed by atoms with van der Waals surface area (Å²) in [5, 5.41) is 2.78. The van der Waals surface area contributed by atoms with E-state index < -0.39 is 0 Å². The number of hydrogen-bond acceptors (Lipinski definition) is 3. The second-order valence-corrected chi connectivity index (χ2v) is 7.11. The van der Waals surface area contributed by atoms with Crippen LogP contribution >= 0.6 is 0 Å². The number of imide groups is 1. The smallest absolute Gasteiger partial charge is 0.244 e. The van der Waals surface area contributed by atoms with Gasteiger partial charge in [0.15, 0.2) is 0 Å². The van der Waals surface area contributed by atoms with Gasteiger partial charge in [0.05, 0.1) is 11.8 Å². The van der Waals surface area contributed by atoms with Crippen LogP contribution in [0.2, 0.25) is 0 Å². The van der Waals surface area contributed by atoms with Crippen molar-refractivity contribution < 1.29 is 14.4 Å². The van der Waals surface area contributed by atoms with Gasteiger partial charge in [0, 0.05) is 5.69 Å². The van der Waals surface area contributed by atoms with E-state index in [4.69, 9.17) is 0 Å². The van der Waals surface area contributed by atoms with Crippen LogP contribution in [-0.4, -0.2) is 29.2 Å². The van der Waals surface area contributed by atoms with Crippen LogP contribution in [0.4, 0.5) is 5.69 Å². The number of likely N-dealkylation sites (tertiary alicyclic amines) is 1. The van der Waals surface area contributed by atoms with E-state index in [-0.39, 0.29) is 47.9 Å². The van der Waals surface area contributed by atoms with Crippen molar-refractivity contribution in [3.63, 3.8) is 0 Å². The van der Waals surface area contributed by atoms with Gasteiger partial charge in [0.1, 0.15) is 6.54 Å². The standard InChI is InChI=1S/C19H20N2O3/c1-10-3-6-14(7-11(10)2)20-15(22)9-21-18(23)16-12-4-5-13(8-12)17(16)19(21)24/h3-7,12-13,16-17H,8-9H2,1-2H3,(H,20,22). The molecule has 2 aliphatic carbocycles. The first-order valence-electron chi connectivity index (χ1n) is 8.36. The van der Waals surface area contributed by atoms with E-state index in [1.165, 1.54) is 0 Å². The van der Waals surface area contributed by atoms with Crippen LogP contribution in [0.25, 0.3) is 0 Å². The van der Waals surface area contributed by atoms with Gasteiger partial charge in [-0.1, -0.05) is 18.2 Å². The molecule has 3 aliphatic rings. The minimum atomic E-state index is -0.333. The van der Waals surface area contributed by atoms with Crippen LogP contribution in [-0.2, 0) is 14.4 Å². The van der Waals surface area contributed by atoms with Gasteiger partial charge in [0.25, 0.3) is 0 Å². The largest absolute Gasteiger partial charge is 0.325 e. The Morgan fingerprint density at radius 1 is 1.08 bits per heavy atom. The average Bonchev–Trinajstić information content (AvgIpc) is 3.21. The van der Waals surface area contributed by atoms with Crippen molar-refractivity contribution in [1.82, 2.24) is 4.90 Å². The van der Waals surface area contributed by atoms with Crippen LogP contribution in [0.1, 0.15) is 17.5 Å². The lowest BCUT2D eigenvalue weighted by atomic mass is 9.85. The van der Waals surface area contributed by atoms with E-state index >= 15 is 0 Å². The number of anilines is 1. The number of benzene rings is 1. The molecular weight excluding hydrogens is 304 g/mol. The second kappa shape index (κ2) is 5.30. The second-order valence-electron chi connectivity index (χ2n) is 7.11. The molecule has 4 rings (SSSR count). The lowest BCUT2D eigenvalue weighted by Gasteiger charge is -2.17. The van der Waals surface area contributed by atoms with Crippen LogP contribution in [0, 0.1) is 37.5 Å². The molecule has 0 spiro atoms. The fraction of sp³-hybridized carbons (Fsp3) is 0.421. The molecular formula is C19H20N2O3. The first-order chi connectivity index (χ1) is 11.5. The molecule has 0 aromatic heterocycles. The number of nitrogens with one attached hydrogen (secondary N) is 1. The SMILES string of the molecule is Cc1ccc(NC(=O)CN2C(=O)C3C4C=CC(C4)C3C2=O)cc1C. The molecule has 1 aromatic carbocycles. The molecule has 0 radical (unpaired) electrons. The Morgan fingerprint density at radius 2 is 1.71 bits per heavy atom. The Labute approximate surface area is 140 Å². The van der Waals surface area contributed by atoms with Crippen LogP contribution in [0.3, 0.4) is 0 Å². The average molecular weight is 324 g/mol. The minimum absolute atomic E-state index is 0.171. The van der Waals surface area contributed by atoms with Crippen LogP contribution in [0.15, 0.2) is 30.4 Å². The molecule has 3 amide bonds. The Hall–Kier alpha value is -2.43. The van der Waals surface area contributed by atoms with Crippen molar-refractivity contribution in [2.75, 3.05) is 11.9 Å². The van der Waals surface area contributed by atoms with Gasteiger partial charge in [-0.3, -0.25) is 19.3 Å². The summed E-state index contributed by atoms with van der Waals surface area (Å²) in [5.74, 6) is -0.855. The highest BCUT2D eigenvalue weighted by molar-refractivity contribution is 6.09. The van der Waals surface area contributed by atoms with Crippen molar-refractivity contribution in [1.29, 1.82) is 0 Å². The zero-order chi connectivity index (χ0) is 17.0. The van der Waals surface area contributed by atoms with Gasteiger partial charge >= 0.3 is 0 Å². The molecule has 1 aliphatic heterocycles. The molecule has 124 valence electrons. The van der Waals surface area contributed by atoms with Gasteiger partial charge in [-0.05, 0) is 55.4 Å². The van der Waals surface area contributed by atoms with Gasteiger partial charge in [-0.15, -0.1) is 0 Å². The van der Waals surface area contributed by atoms with Gasteiger partial charge < -0.3 is 5.32 Å². The summed E-state index contributed by atoms with van der Waals surface area (Å²) in [6.45, 7) is 3.78. The number of hydrogen-bond donors (Lipinski definition) is 1. The molecule has 5 heteroatoms. The van der Waals surface area contributed by atoms with Crippen molar-refractivity contribution in [2.45, 2.75) is 20.3 Å². The fourth-order valence-electron chi connectivity index (χ4n) is 4.28. The molecule has 5 nitrogen and oxygen atoms in total. The van der Waals surface area contributed by atoms with Crippen molar-refractivity contribution in [3.8, 4) is 0 Å². The quantitative estimate of drug-likeness (QED) is 0.683. The van der Waals surface area contributed by atoms with Gasteiger partial charge in [-0.25, -0.2) is 0 Å². The summed E-state index contributed by atoms with van der Waals surface area (Å²) in [7, 11) is 0. The molecule has 1 aromatic rings. The summed E-state index contributed by atoms with van der Waals surface area (Å²) in [5.41, 5.74) is 2.91. The number of amides is 3. The predicted octanol–water partition coefficient (Wildman–Crippen LogP) is 2.05. The Morgan fingerprint density at radius 3 is 2.29 bits per heavy atom. The number of nitrogens with zero attached hydrogens (tertiary/aromatic N) is 1. The Balaban J connectivity index is 1.46. The minimum Gasteiger partial charge on any atom is -0.325 e. The third-order valence-electron chi connectivity index (χ3n) is 5.65. The van der Waals surface area contributed by atoms with Crippen molar-refractivity contribution in [2.24, 2.45) is 23.7 Å². The highest BCUT2D eigenvalue weighted by Crippen LogP contribution is 2.52. The number of rotatable bonds is 3. The third-order valence-corrected chi connectivity index (χ3v) is 5.65. The molecule has 1 saturated carbocycles. The predicted molar refractivity (Wildman–Crippen MR) is 89.0 cm³/mol. The zero-order valence-electron chi connectivity index (χ0n) is 13.8. The lowest BCUT2D eigenvalue weighted by molar-refractivity contribution is -0.143. The topological polar surface area (TPSA) is 66.5 Å². The number of allylic oxidation sites excluding steroid dienone is 2. The van der Waals surface area contributed by atoms with Crippen molar-refractivity contribution >= 4 is 23.4 Å². The molecule has 1 N–H and O–H groups in total. The number of aryl methyl sites for hydroxylation is 2. The summed E-state index contributed by atoms with van der Waals surface area (Å²) in [6.07, 6.45) is 5.00. The highest BCUT2D eigenvalue weighted by Gasteiger charge is 2.59. The van der Waals surface area contributed by atoms with E-state index in [1.807, 2.05) is 32.0 Å². The van der Waals surface area contributed by atoms with Crippen molar-refractivity contribution in [3.05, 3.63) is 41.5 Å². The van der Waals surface area contributed by atoms with E-state index in [9.17, 15) is 14.4 Å². The first kappa shape index (κ1) is 15.1. The monoisotopic (exact) mass is 324 g/mol. The molecule has 2 fully saturated rings. The Kier molecular flexibility index (Phi) is 3.34. The lowest BCUT2D eigenvalue weighted by Crippen LogP contribution is -2.39. The summed E-state index contributed by atoms with van der Waals surface area (Å²) in [6, 6.07) is 5.65. The highest BCUT2D eigenvalue weighted by atomic mass is 16.2. The zero-order valence-corrected chi connectivity index (χ0v) is 13.8. The first-order valence-corrected chi connectivity index (χ1v) is 8.36.